The lowest BCUT2D eigenvalue weighted by molar-refractivity contribution is 0.0979. The molecule has 1 heterocycles. The summed E-state index contributed by atoms with van der Waals surface area (Å²) in [6, 6.07) is 12.5. The summed E-state index contributed by atoms with van der Waals surface area (Å²) >= 11 is 0. The Morgan fingerprint density at radius 2 is 1.56 bits per heavy atom. The minimum absolute atomic E-state index is 0.0732. The van der Waals surface area contributed by atoms with Gasteiger partial charge in [-0.3, -0.25) is 14.5 Å². The second-order valence-corrected chi connectivity index (χ2v) is 6.45. The van der Waals surface area contributed by atoms with E-state index >= 15 is 0 Å². The van der Waals surface area contributed by atoms with E-state index in [0.29, 0.717) is 22.3 Å². The van der Waals surface area contributed by atoms with Gasteiger partial charge in [0, 0.05) is 61.6 Å². The first kappa shape index (κ1) is 16.0. The zero-order valence-corrected chi connectivity index (χ0v) is 14.0. The second-order valence-electron chi connectivity index (χ2n) is 6.45. The highest BCUT2D eigenvalue weighted by Gasteiger charge is 2.31. The Morgan fingerprint density at radius 3 is 2.32 bits per heavy atom. The minimum Gasteiger partial charge on any atom is -0.383 e. The maximum absolute atomic E-state index is 12.9. The molecular formula is C20H21N3O2. The molecule has 128 valence electrons. The van der Waals surface area contributed by atoms with E-state index in [0.717, 1.165) is 45.0 Å². The van der Waals surface area contributed by atoms with E-state index in [-0.39, 0.29) is 11.6 Å². The van der Waals surface area contributed by atoms with Gasteiger partial charge in [-0.15, -0.1) is 0 Å². The number of ketones is 2. The molecule has 0 spiro atoms. The molecule has 0 unspecified atom stereocenters. The van der Waals surface area contributed by atoms with E-state index in [1.165, 1.54) is 0 Å². The summed E-state index contributed by atoms with van der Waals surface area (Å²) in [5.41, 5.74) is 2.75. The Hall–Kier alpha value is -2.50. The Bertz CT molecular complexity index is 825. The fraction of sp³-hybridized carbons (Fsp3) is 0.300. The first-order chi connectivity index (χ1) is 12.3. The van der Waals surface area contributed by atoms with Crippen molar-refractivity contribution in [3.63, 3.8) is 0 Å². The van der Waals surface area contributed by atoms with E-state index in [1.54, 1.807) is 30.3 Å². The number of carbonyl (C=O) groups is 2. The number of carbonyl (C=O) groups excluding carboxylic acids is 2. The molecule has 4 rings (SSSR count). The van der Waals surface area contributed by atoms with Gasteiger partial charge >= 0.3 is 0 Å². The molecule has 5 heteroatoms. The van der Waals surface area contributed by atoms with E-state index in [9.17, 15) is 9.59 Å². The van der Waals surface area contributed by atoms with Gasteiger partial charge in [-0.1, -0.05) is 36.4 Å². The van der Waals surface area contributed by atoms with Crippen LogP contribution in [0.1, 0.15) is 31.8 Å². The average Bonchev–Trinajstić information content (AvgIpc) is 2.67. The van der Waals surface area contributed by atoms with Crippen LogP contribution in [0, 0.1) is 0 Å². The Kier molecular flexibility index (Phi) is 4.34. The summed E-state index contributed by atoms with van der Waals surface area (Å²) in [5, 5.41) is 6.71. The molecule has 0 atom stereocenters. The number of rotatable bonds is 4. The summed E-state index contributed by atoms with van der Waals surface area (Å²) < 4.78 is 0. The van der Waals surface area contributed by atoms with Crippen molar-refractivity contribution in [3.8, 4) is 0 Å². The van der Waals surface area contributed by atoms with Crippen LogP contribution in [0.25, 0.3) is 0 Å². The highest BCUT2D eigenvalue weighted by Crippen LogP contribution is 2.31. The normalized spacial score (nSPS) is 17.1. The molecule has 1 fully saturated rings. The predicted octanol–water partition coefficient (Wildman–Crippen LogP) is 1.78. The van der Waals surface area contributed by atoms with E-state index < -0.39 is 0 Å². The van der Waals surface area contributed by atoms with Crippen molar-refractivity contribution >= 4 is 17.3 Å². The Labute approximate surface area is 147 Å². The van der Waals surface area contributed by atoms with Crippen LogP contribution >= 0.6 is 0 Å². The number of nitrogens with one attached hydrogen (secondary N) is 2. The number of benzene rings is 2. The van der Waals surface area contributed by atoms with Crippen molar-refractivity contribution in [2.24, 2.45) is 0 Å². The van der Waals surface area contributed by atoms with Crippen molar-refractivity contribution < 1.29 is 9.59 Å². The molecule has 2 aromatic carbocycles. The molecule has 1 aliphatic carbocycles. The molecule has 5 nitrogen and oxygen atoms in total. The molecule has 0 aromatic heterocycles. The zero-order chi connectivity index (χ0) is 17.2. The van der Waals surface area contributed by atoms with Gasteiger partial charge < -0.3 is 10.6 Å². The third kappa shape index (κ3) is 2.97. The number of nitrogens with zero attached hydrogens (tertiary/aromatic N) is 1. The molecule has 2 aromatic rings. The third-order valence-electron chi connectivity index (χ3n) is 4.91. The van der Waals surface area contributed by atoms with Gasteiger partial charge in [0.05, 0.1) is 5.56 Å². The summed E-state index contributed by atoms with van der Waals surface area (Å²) in [5.74, 6) is -0.147. The van der Waals surface area contributed by atoms with Gasteiger partial charge in [0.2, 0.25) is 0 Å². The summed E-state index contributed by atoms with van der Waals surface area (Å²) in [6.07, 6.45) is 0. The molecule has 1 aliphatic heterocycles. The zero-order valence-electron chi connectivity index (χ0n) is 14.0. The fourth-order valence-corrected chi connectivity index (χ4v) is 3.58. The number of hydrogen-bond acceptors (Lipinski definition) is 5. The third-order valence-corrected chi connectivity index (χ3v) is 4.91. The van der Waals surface area contributed by atoms with Crippen molar-refractivity contribution in [1.82, 2.24) is 10.2 Å². The van der Waals surface area contributed by atoms with Crippen LogP contribution in [0.3, 0.4) is 0 Å². The van der Waals surface area contributed by atoms with E-state index in [1.807, 2.05) is 12.1 Å². The van der Waals surface area contributed by atoms with Crippen LogP contribution in [0.15, 0.2) is 42.5 Å². The maximum Gasteiger partial charge on any atom is 0.196 e. The molecule has 1 saturated heterocycles. The second kappa shape index (κ2) is 6.78. The highest BCUT2D eigenvalue weighted by atomic mass is 16.1. The Balaban J connectivity index is 1.57. The topological polar surface area (TPSA) is 61.4 Å². The first-order valence-corrected chi connectivity index (χ1v) is 8.74. The first-order valence-electron chi connectivity index (χ1n) is 8.74. The van der Waals surface area contributed by atoms with E-state index in [4.69, 9.17) is 0 Å². The lowest BCUT2D eigenvalue weighted by Gasteiger charge is -2.27. The largest absolute Gasteiger partial charge is 0.383 e. The van der Waals surface area contributed by atoms with Crippen molar-refractivity contribution in [3.05, 3.63) is 64.7 Å². The molecule has 25 heavy (non-hydrogen) atoms. The standard InChI is InChI=1S/C20H21N3O2/c24-19-14-4-1-2-5-15(14)20(25)18-16(19)6-3-7-17(18)22-10-13-23-11-8-21-9-12-23/h1-7,21-22H,8-13H2. The average molecular weight is 335 g/mol. The molecule has 0 bridgehead atoms. The number of hydrogen-bond donors (Lipinski definition) is 2. The van der Waals surface area contributed by atoms with Crippen LogP contribution in [-0.2, 0) is 0 Å². The monoisotopic (exact) mass is 335 g/mol. The molecule has 2 N–H and O–H groups in total. The fourth-order valence-electron chi connectivity index (χ4n) is 3.58. The Morgan fingerprint density at radius 1 is 0.880 bits per heavy atom. The summed E-state index contributed by atoms with van der Waals surface area (Å²) in [6.45, 7) is 5.79. The van der Waals surface area contributed by atoms with Crippen LogP contribution in [0.2, 0.25) is 0 Å². The number of anilines is 1. The van der Waals surface area contributed by atoms with Crippen molar-refractivity contribution in [2.45, 2.75) is 0 Å². The number of fused-ring (bicyclic) bond motifs is 2. The minimum atomic E-state index is -0.0736. The summed E-state index contributed by atoms with van der Waals surface area (Å²) in [7, 11) is 0. The van der Waals surface area contributed by atoms with E-state index in [2.05, 4.69) is 15.5 Å². The van der Waals surface area contributed by atoms with Crippen molar-refractivity contribution in [1.29, 1.82) is 0 Å². The van der Waals surface area contributed by atoms with Gasteiger partial charge in [0.1, 0.15) is 0 Å². The van der Waals surface area contributed by atoms with Gasteiger partial charge in [-0.25, -0.2) is 0 Å². The van der Waals surface area contributed by atoms with Crippen LogP contribution < -0.4 is 10.6 Å². The highest BCUT2D eigenvalue weighted by molar-refractivity contribution is 6.30. The van der Waals surface area contributed by atoms with Gasteiger partial charge in [0.25, 0.3) is 0 Å². The molecule has 0 saturated carbocycles. The maximum atomic E-state index is 12.9. The lowest BCUT2D eigenvalue weighted by Crippen LogP contribution is -2.45. The smallest absolute Gasteiger partial charge is 0.196 e. The van der Waals surface area contributed by atoms with Crippen LogP contribution in [0.4, 0.5) is 5.69 Å². The molecular weight excluding hydrogens is 314 g/mol. The summed E-state index contributed by atoms with van der Waals surface area (Å²) in [4.78, 5) is 28.1. The molecule has 0 amide bonds. The van der Waals surface area contributed by atoms with Crippen LogP contribution in [-0.4, -0.2) is 55.7 Å². The molecule has 0 radical (unpaired) electrons. The number of piperazine rings is 1. The quantitative estimate of drug-likeness (QED) is 0.761. The SMILES string of the molecule is O=C1c2ccccc2C(=O)c2c(NCCN3CCNCC3)cccc21. The van der Waals surface area contributed by atoms with Crippen molar-refractivity contribution in [2.75, 3.05) is 44.6 Å². The lowest BCUT2D eigenvalue weighted by atomic mass is 9.83. The predicted molar refractivity (Wildman–Crippen MR) is 97.5 cm³/mol. The van der Waals surface area contributed by atoms with Gasteiger partial charge in [0.15, 0.2) is 11.6 Å². The van der Waals surface area contributed by atoms with Crippen LogP contribution in [0.5, 0.6) is 0 Å². The van der Waals surface area contributed by atoms with Gasteiger partial charge in [-0.2, -0.15) is 0 Å². The van der Waals surface area contributed by atoms with Gasteiger partial charge in [-0.05, 0) is 6.07 Å². The molecule has 2 aliphatic rings.